The summed E-state index contributed by atoms with van der Waals surface area (Å²) in [6.45, 7) is 1.27. The molecule has 0 amide bonds. The molecule has 1 aromatic rings. The zero-order chi connectivity index (χ0) is 10.7. The second kappa shape index (κ2) is 4.07. The van der Waals surface area contributed by atoms with Gasteiger partial charge in [-0.15, -0.1) is 0 Å². The van der Waals surface area contributed by atoms with Crippen molar-refractivity contribution in [3.05, 3.63) is 28.6 Å². The van der Waals surface area contributed by atoms with Crippen LogP contribution in [0.5, 0.6) is 5.75 Å². The second-order valence-corrected chi connectivity index (χ2v) is 2.82. The average molecular weight is 195 g/mol. The van der Waals surface area contributed by atoms with Crippen molar-refractivity contribution in [1.29, 1.82) is 5.26 Å². The van der Waals surface area contributed by atoms with Crippen LogP contribution in [0.2, 0.25) is 0 Å². The van der Waals surface area contributed by atoms with Gasteiger partial charge in [-0.2, -0.15) is 5.26 Å². The van der Waals surface area contributed by atoms with Crippen molar-refractivity contribution in [3.8, 4) is 11.8 Å². The lowest BCUT2D eigenvalue weighted by atomic mass is 10.0. The molecule has 1 N–H and O–H groups in total. The van der Waals surface area contributed by atoms with Crippen LogP contribution in [0.3, 0.4) is 0 Å². The Hall–Kier alpha value is -1.60. The van der Waals surface area contributed by atoms with Crippen LogP contribution in [0.15, 0.2) is 6.07 Å². The zero-order valence-corrected chi connectivity index (χ0v) is 7.97. The molecule has 0 aliphatic carbocycles. The van der Waals surface area contributed by atoms with Crippen LogP contribution in [0, 0.1) is 24.1 Å². The summed E-state index contributed by atoms with van der Waals surface area (Å²) in [5.41, 5.74) is 0.722. The molecule has 4 heteroatoms. The number of hydrogen-bond donors (Lipinski definition) is 1. The fraction of sp³-hybridized carbons (Fsp3) is 0.300. The molecule has 14 heavy (non-hydrogen) atoms. The summed E-state index contributed by atoms with van der Waals surface area (Å²) in [4.78, 5) is 0. The summed E-state index contributed by atoms with van der Waals surface area (Å²) in [6, 6.07) is 2.87. The number of aliphatic hydroxyl groups is 1. The molecule has 0 aromatic heterocycles. The van der Waals surface area contributed by atoms with Gasteiger partial charge in [0.05, 0.1) is 19.3 Å². The fourth-order valence-electron chi connectivity index (χ4n) is 1.36. The number of methoxy groups -OCH3 is 1. The number of nitriles is 1. The lowest BCUT2D eigenvalue weighted by Gasteiger charge is -2.11. The topological polar surface area (TPSA) is 53.2 Å². The van der Waals surface area contributed by atoms with Gasteiger partial charge in [0.2, 0.25) is 0 Å². The molecule has 0 fully saturated rings. The molecule has 0 heterocycles. The van der Waals surface area contributed by atoms with E-state index in [1.807, 2.05) is 0 Å². The highest BCUT2D eigenvalue weighted by Gasteiger charge is 2.14. The van der Waals surface area contributed by atoms with Gasteiger partial charge in [-0.1, -0.05) is 0 Å². The van der Waals surface area contributed by atoms with E-state index in [1.165, 1.54) is 7.11 Å². The fourth-order valence-corrected chi connectivity index (χ4v) is 1.36. The third-order valence-corrected chi connectivity index (χ3v) is 2.03. The van der Waals surface area contributed by atoms with Crippen LogP contribution >= 0.6 is 0 Å². The zero-order valence-electron chi connectivity index (χ0n) is 7.97. The molecule has 1 aromatic carbocycles. The normalized spacial score (nSPS) is 9.64. The first-order valence-electron chi connectivity index (χ1n) is 4.02. The molecule has 0 saturated heterocycles. The lowest BCUT2D eigenvalue weighted by Crippen LogP contribution is -2.00. The minimum Gasteiger partial charge on any atom is -0.496 e. The molecule has 0 unspecified atom stereocenters. The molecule has 0 saturated carbocycles. The Kier molecular flexibility index (Phi) is 3.05. The minimum atomic E-state index is -0.630. The van der Waals surface area contributed by atoms with Crippen LogP contribution in [0.1, 0.15) is 16.7 Å². The van der Waals surface area contributed by atoms with Gasteiger partial charge in [-0.3, -0.25) is 0 Å². The molecule has 0 bridgehead atoms. The van der Waals surface area contributed by atoms with Crippen LogP contribution in [0.25, 0.3) is 0 Å². The number of ether oxygens (including phenoxy) is 1. The van der Waals surface area contributed by atoms with Crippen molar-refractivity contribution in [2.24, 2.45) is 0 Å². The van der Waals surface area contributed by atoms with Crippen LogP contribution < -0.4 is 4.74 Å². The molecule has 0 aliphatic heterocycles. The monoisotopic (exact) mass is 195 g/mol. The number of benzene rings is 1. The van der Waals surface area contributed by atoms with Gasteiger partial charge < -0.3 is 9.84 Å². The highest BCUT2D eigenvalue weighted by atomic mass is 19.1. The van der Waals surface area contributed by atoms with Gasteiger partial charge >= 0.3 is 0 Å². The van der Waals surface area contributed by atoms with Crippen molar-refractivity contribution in [2.45, 2.75) is 13.5 Å². The predicted octanol–water partition coefficient (Wildman–Crippen LogP) is 1.51. The Bertz CT molecular complexity index is 396. The van der Waals surface area contributed by atoms with E-state index in [1.54, 1.807) is 13.0 Å². The Balaban J connectivity index is 3.49. The number of nitrogens with zero attached hydrogens (tertiary/aromatic N) is 1. The quantitative estimate of drug-likeness (QED) is 0.778. The summed E-state index contributed by atoms with van der Waals surface area (Å²) < 4.78 is 18.2. The summed E-state index contributed by atoms with van der Waals surface area (Å²) in [7, 11) is 1.42. The van der Waals surface area contributed by atoms with Crippen molar-refractivity contribution >= 4 is 0 Å². The molecule has 0 radical (unpaired) electrons. The van der Waals surface area contributed by atoms with E-state index >= 15 is 0 Å². The summed E-state index contributed by atoms with van der Waals surface area (Å²) in [5.74, 6) is -0.264. The lowest BCUT2D eigenvalue weighted by molar-refractivity contribution is 0.272. The summed E-state index contributed by atoms with van der Waals surface area (Å²) in [5, 5.41) is 17.6. The van der Waals surface area contributed by atoms with Crippen LogP contribution in [-0.4, -0.2) is 12.2 Å². The van der Waals surface area contributed by atoms with Gasteiger partial charge in [-0.25, -0.2) is 4.39 Å². The SMILES string of the molecule is COc1c(CO)cc(F)c(C#N)c1C. The van der Waals surface area contributed by atoms with Gasteiger partial charge in [0.25, 0.3) is 0 Å². The second-order valence-electron chi connectivity index (χ2n) is 2.82. The molecule has 0 atom stereocenters. The van der Waals surface area contributed by atoms with Crippen molar-refractivity contribution in [1.82, 2.24) is 0 Å². The summed E-state index contributed by atoms with van der Waals surface area (Å²) >= 11 is 0. The highest BCUT2D eigenvalue weighted by Crippen LogP contribution is 2.28. The van der Waals surface area contributed by atoms with Gasteiger partial charge in [0.15, 0.2) is 0 Å². The van der Waals surface area contributed by atoms with E-state index in [-0.39, 0.29) is 12.2 Å². The largest absolute Gasteiger partial charge is 0.496 e. The van der Waals surface area contributed by atoms with E-state index < -0.39 is 5.82 Å². The Morgan fingerprint density at radius 2 is 2.29 bits per heavy atom. The van der Waals surface area contributed by atoms with Crippen molar-refractivity contribution < 1.29 is 14.2 Å². The first-order chi connectivity index (χ1) is 6.65. The molecular formula is C10H10FNO2. The molecule has 74 valence electrons. The molecule has 0 spiro atoms. The Morgan fingerprint density at radius 1 is 1.64 bits per heavy atom. The molecule has 3 nitrogen and oxygen atoms in total. The maximum Gasteiger partial charge on any atom is 0.141 e. The van der Waals surface area contributed by atoms with Gasteiger partial charge in [0.1, 0.15) is 17.6 Å². The van der Waals surface area contributed by atoms with Gasteiger partial charge in [-0.05, 0) is 13.0 Å². The maximum atomic E-state index is 13.2. The smallest absolute Gasteiger partial charge is 0.141 e. The molecular weight excluding hydrogens is 185 g/mol. The van der Waals surface area contributed by atoms with Crippen molar-refractivity contribution in [2.75, 3.05) is 7.11 Å². The standard InChI is InChI=1S/C10H10FNO2/c1-6-8(4-12)9(11)3-7(5-13)10(6)14-2/h3,13H,5H2,1-2H3. The van der Waals surface area contributed by atoms with Gasteiger partial charge in [0, 0.05) is 11.1 Å². The minimum absolute atomic E-state index is 0.0425. The van der Waals surface area contributed by atoms with E-state index in [2.05, 4.69) is 0 Å². The first-order valence-corrected chi connectivity index (χ1v) is 4.02. The van der Waals surface area contributed by atoms with E-state index in [0.29, 0.717) is 16.9 Å². The summed E-state index contributed by atoms with van der Waals surface area (Å²) in [6.07, 6.45) is 0. The van der Waals surface area contributed by atoms with E-state index in [4.69, 9.17) is 15.1 Å². The van der Waals surface area contributed by atoms with E-state index in [0.717, 1.165) is 6.07 Å². The highest BCUT2D eigenvalue weighted by molar-refractivity contribution is 5.51. The third kappa shape index (κ3) is 1.54. The maximum absolute atomic E-state index is 13.2. The predicted molar refractivity (Wildman–Crippen MR) is 48.3 cm³/mol. The van der Waals surface area contributed by atoms with Crippen LogP contribution in [0.4, 0.5) is 4.39 Å². The number of halogens is 1. The molecule has 1 rings (SSSR count). The third-order valence-electron chi connectivity index (χ3n) is 2.03. The Morgan fingerprint density at radius 3 is 2.71 bits per heavy atom. The number of rotatable bonds is 2. The molecule has 0 aliphatic rings. The number of aliphatic hydroxyl groups excluding tert-OH is 1. The van der Waals surface area contributed by atoms with E-state index in [9.17, 15) is 4.39 Å². The van der Waals surface area contributed by atoms with Crippen molar-refractivity contribution in [3.63, 3.8) is 0 Å². The van der Waals surface area contributed by atoms with Crippen LogP contribution in [-0.2, 0) is 6.61 Å². The first kappa shape index (κ1) is 10.5. The Labute approximate surface area is 81.4 Å². The average Bonchev–Trinajstić information content (AvgIpc) is 2.17. The number of hydrogen-bond acceptors (Lipinski definition) is 3.